The second-order valence-corrected chi connectivity index (χ2v) is 8.09. The number of hydrogen-bond acceptors (Lipinski definition) is 3. The van der Waals surface area contributed by atoms with Crippen molar-refractivity contribution in [3.63, 3.8) is 0 Å². The Labute approximate surface area is 168 Å². The van der Waals surface area contributed by atoms with E-state index in [2.05, 4.69) is 48.6 Å². The summed E-state index contributed by atoms with van der Waals surface area (Å²) in [6.45, 7) is 3.99. The molecule has 1 amide bonds. The molecule has 1 saturated carbocycles. The molecule has 3 rings (SSSR count). The zero-order valence-corrected chi connectivity index (χ0v) is 17.7. The second-order valence-electron chi connectivity index (χ2n) is 8.09. The first-order valence-electron chi connectivity index (χ1n) is 10.1. The van der Waals surface area contributed by atoms with E-state index in [9.17, 15) is 4.79 Å². The topological polar surface area (TPSA) is 41.6 Å². The molecule has 2 aromatic rings. The van der Waals surface area contributed by atoms with Crippen LogP contribution in [0.15, 0.2) is 42.5 Å². The lowest BCUT2D eigenvalue weighted by atomic mass is 9.82. The summed E-state index contributed by atoms with van der Waals surface area (Å²) in [5.41, 5.74) is 3.79. The minimum Gasteiger partial charge on any atom is -0.496 e. The van der Waals surface area contributed by atoms with Gasteiger partial charge in [-0.1, -0.05) is 43.2 Å². The van der Waals surface area contributed by atoms with Crippen molar-refractivity contribution in [1.29, 1.82) is 0 Å². The van der Waals surface area contributed by atoms with E-state index in [0.29, 0.717) is 5.56 Å². The maximum Gasteiger partial charge on any atom is 0.252 e. The first-order chi connectivity index (χ1) is 13.4. The summed E-state index contributed by atoms with van der Waals surface area (Å²) < 4.78 is 5.40. The third-order valence-electron chi connectivity index (χ3n) is 6.51. The number of hydrogen-bond donors (Lipinski definition) is 1. The first-order valence-corrected chi connectivity index (χ1v) is 10.1. The molecular formula is C24H32N2O2. The van der Waals surface area contributed by atoms with E-state index < -0.39 is 0 Å². The standard InChI is InChI=1S/C24H32N2O2/c1-17-18(2)21(28-5)14-13-20(17)23(27)25-22(19-11-7-6-8-12-19)24(26(3)4)15-9-10-16-24/h6-8,11-14,22H,9-10,15-16H2,1-5H3,(H,25,27). The Morgan fingerprint density at radius 3 is 2.25 bits per heavy atom. The van der Waals surface area contributed by atoms with Crippen molar-refractivity contribution in [1.82, 2.24) is 10.2 Å². The Balaban J connectivity index is 1.99. The van der Waals surface area contributed by atoms with Crippen LogP contribution in [0.2, 0.25) is 0 Å². The van der Waals surface area contributed by atoms with Crippen LogP contribution in [0.25, 0.3) is 0 Å². The van der Waals surface area contributed by atoms with Gasteiger partial charge in [0, 0.05) is 11.1 Å². The summed E-state index contributed by atoms with van der Waals surface area (Å²) in [7, 11) is 5.93. The van der Waals surface area contributed by atoms with Crippen molar-refractivity contribution < 1.29 is 9.53 Å². The molecule has 1 aliphatic carbocycles. The lowest BCUT2D eigenvalue weighted by Crippen LogP contribution is -2.53. The van der Waals surface area contributed by atoms with E-state index in [1.54, 1.807) is 7.11 Å². The maximum absolute atomic E-state index is 13.4. The SMILES string of the molecule is COc1ccc(C(=O)NC(c2ccccc2)C2(N(C)C)CCCC2)c(C)c1C. The minimum absolute atomic E-state index is 0.0229. The van der Waals surface area contributed by atoms with Gasteiger partial charge in [0.2, 0.25) is 0 Å². The highest BCUT2D eigenvalue weighted by Crippen LogP contribution is 2.43. The molecule has 28 heavy (non-hydrogen) atoms. The average molecular weight is 381 g/mol. The Hall–Kier alpha value is -2.33. The highest BCUT2D eigenvalue weighted by atomic mass is 16.5. The van der Waals surface area contributed by atoms with Gasteiger partial charge in [0.1, 0.15) is 5.75 Å². The molecule has 1 fully saturated rings. The van der Waals surface area contributed by atoms with Crippen LogP contribution >= 0.6 is 0 Å². The van der Waals surface area contributed by atoms with Crippen LogP contribution in [0.5, 0.6) is 5.75 Å². The van der Waals surface area contributed by atoms with Crippen molar-refractivity contribution in [2.45, 2.75) is 51.1 Å². The van der Waals surface area contributed by atoms with E-state index >= 15 is 0 Å². The maximum atomic E-state index is 13.4. The number of nitrogens with one attached hydrogen (secondary N) is 1. The van der Waals surface area contributed by atoms with Gasteiger partial charge in [0.25, 0.3) is 5.91 Å². The number of carbonyl (C=O) groups is 1. The van der Waals surface area contributed by atoms with E-state index in [1.165, 1.54) is 12.8 Å². The molecule has 0 heterocycles. The van der Waals surface area contributed by atoms with Crippen LogP contribution in [0.3, 0.4) is 0 Å². The molecule has 0 aliphatic heterocycles. The molecule has 0 radical (unpaired) electrons. The minimum atomic E-state index is -0.0631. The second kappa shape index (κ2) is 8.36. The highest BCUT2D eigenvalue weighted by Gasteiger charge is 2.44. The number of nitrogens with zero attached hydrogens (tertiary/aromatic N) is 1. The molecular weight excluding hydrogens is 348 g/mol. The van der Waals surface area contributed by atoms with Gasteiger partial charge in [-0.15, -0.1) is 0 Å². The largest absolute Gasteiger partial charge is 0.496 e. The number of ether oxygens (including phenoxy) is 1. The van der Waals surface area contributed by atoms with Crippen molar-refractivity contribution in [2.75, 3.05) is 21.2 Å². The molecule has 1 unspecified atom stereocenters. The number of likely N-dealkylation sites (N-methyl/N-ethyl adjacent to an activating group) is 1. The fourth-order valence-corrected chi connectivity index (χ4v) is 4.63. The fourth-order valence-electron chi connectivity index (χ4n) is 4.63. The van der Waals surface area contributed by atoms with E-state index in [0.717, 1.165) is 35.3 Å². The third kappa shape index (κ3) is 3.66. The van der Waals surface area contributed by atoms with Crippen molar-refractivity contribution in [2.24, 2.45) is 0 Å². The Bertz CT molecular complexity index is 824. The molecule has 0 aromatic heterocycles. The van der Waals surface area contributed by atoms with Crippen LogP contribution in [0.4, 0.5) is 0 Å². The van der Waals surface area contributed by atoms with Gasteiger partial charge in [0.05, 0.1) is 13.2 Å². The molecule has 1 atom stereocenters. The van der Waals surface area contributed by atoms with E-state index in [1.807, 2.05) is 32.0 Å². The van der Waals surface area contributed by atoms with Crippen LogP contribution in [-0.4, -0.2) is 37.6 Å². The third-order valence-corrected chi connectivity index (χ3v) is 6.51. The number of rotatable bonds is 6. The molecule has 4 heteroatoms. The normalized spacial score (nSPS) is 16.8. The summed E-state index contributed by atoms with van der Waals surface area (Å²) in [5.74, 6) is 0.791. The Morgan fingerprint density at radius 2 is 1.68 bits per heavy atom. The molecule has 0 bridgehead atoms. The van der Waals surface area contributed by atoms with Crippen LogP contribution in [-0.2, 0) is 0 Å². The molecule has 0 saturated heterocycles. The quantitative estimate of drug-likeness (QED) is 0.793. The monoisotopic (exact) mass is 380 g/mol. The molecule has 1 aliphatic rings. The zero-order valence-electron chi connectivity index (χ0n) is 17.7. The van der Waals surface area contributed by atoms with Crippen LogP contribution < -0.4 is 10.1 Å². The smallest absolute Gasteiger partial charge is 0.252 e. The predicted molar refractivity (Wildman–Crippen MR) is 114 cm³/mol. The predicted octanol–water partition coefficient (Wildman–Crippen LogP) is 4.66. The average Bonchev–Trinajstić information content (AvgIpc) is 3.19. The van der Waals surface area contributed by atoms with Gasteiger partial charge in [-0.25, -0.2) is 0 Å². The number of carbonyl (C=O) groups excluding carboxylic acids is 1. The fraction of sp³-hybridized carbons (Fsp3) is 0.458. The van der Waals surface area contributed by atoms with Crippen LogP contribution in [0.1, 0.15) is 58.8 Å². The lowest BCUT2D eigenvalue weighted by molar-refractivity contribution is 0.0765. The summed E-state index contributed by atoms with van der Waals surface area (Å²) in [4.78, 5) is 15.7. The zero-order chi connectivity index (χ0) is 20.3. The highest BCUT2D eigenvalue weighted by molar-refractivity contribution is 5.96. The molecule has 150 valence electrons. The lowest BCUT2D eigenvalue weighted by Gasteiger charge is -2.44. The van der Waals surface area contributed by atoms with Gasteiger partial charge in [-0.05, 0) is 69.6 Å². The van der Waals surface area contributed by atoms with Crippen LogP contribution in [0, 0.1) is 13.8 Å². The number of methoxy groups -OCH3 is 1. The molecule has 0 spiro atoms. The summed E-state index contributed by atoms with van der Waals surface area (Å²) in [5, 5.41) is 3.40. The summed E-state index contributed by atoms with van der Waals surface area (Å²) in [6, 6.07) is 14.1. The van der Waals surface area contributed by atoms with Gasteiger partial charge in [0.15, 0.2) is 0 Å². The van der Waals surface area contributed by atoms with Gasteiger partial charge in [-0.2, -0.15) is 0 Å². The van der Waals surface area contributed by atoms with Crippen molar-refractivity contribution in [3.05, 3.63) is 64.7 Å². The van der Waals surface area contributed by atoms with Crippen molar-refractivity contribution in [3.8, 4) is 5.75 Å². The van der Waals surface area contributed by atoms with E-state index in [4.69, 9.17) is 4.74 Å². The van der Waals surface area contributed by atoms with Gasteiger partial charge < -0.3 is 15.0 Å². The summed E-state index contributed by atoms with van der Waals surface area (Å²) in [6.07, 6.45) is 4.55. The van der Waals surface area contributed by atoms with E-state index in [-0.39, 0.29) is 17.5 Å². The number of benzene rings is 2. The number of amides is 1. The first kappa shape index (κ1) is 20.4. The molecule has 1 N–H and O–H groups in total. The van der Waals surface area contributed by atoms with Gasteiger partial charge in [-0.3, -0.25) is 4.79 Å². The Morgan fingerprint density at radius 1 is 1.04 bits per heavy atom. The summed E-state index contributed by atoms with van der Waals surface area (Å²) >= 11 is 0. The van der Waals surface area contributed by atoms with Gasteiger partial charge >= 0.3 is 0 Å². The van der Waals surface area contributed by atoms with Crippen molar-refractivity contribution >= 4 is 5.91 Å². The molecule has 2 aromatic carbocycles. The molecule has 4 nitrogen and oxygen atoms in total. The Kier molecular flexibility index (Phi) is 6.09.